The number of rotatable bonds is 4. The van der Waals surface area contributed by atoms with Crippen LogP contribution in [0.4, 0.5) is 0 Å². The number of pyridine rings is 1. The number of carbonyl (C=O) groups is 1. The van der Waals surface area contributed by atoms with E-state index >= 15 is 0 Å². The molecule has 25 heavy (non-hydrogen) atoms. The van der Waals surface area contributed by atoms with Crippen LogP contribution >= 0.6 is 0 Å². The van der Waals surface area contributed by atoms with E-state index in [9.17, 15) is 4.79 Å². The summed E-state index contributed by atoms with van der Waals surface area (Å²) >= 11 is 0. The van der Waals surface area contributed by atoms with Crippen LogP contribution in [-0.4, -0.2) is 59.8 Å². The summed E-state index contributed by atoms with van der Waals surface area (Å²) in [4.78, 5) is 24.6. The lowest BCUT2D eigenvalue weighted by Gasteiger charge is -2.36. The Morgan fingerprint density at radius 2 is 2.28 bits per heavy atom. The normalized spacial score (nSPS) is 30.2. The van der Waals surface area contributed by atoms with Crippen molar-refractivity contribution < 1.29 is 14.4 Å². The fraction of sp³-hybridized carbons (Fsp3) is 0.684. The molecule has 0 unspecified atom stereocenters. The number of likely N-dealkylation sites (tertiary alicyclic amines) is 1. The standard InChI is InChI=1S/C19H27N3O3/c23-19(22-7-1-2-9-25-22)10-18-17-5-8-21(13-16(17)14-24-18)12-15-4-3-6-20-11-15/h3-4,6,11,16-18H,1-2,5,7-10,12-14H2/t16-,17-,18-/m1/s1. The van der Waals surface area contributed by atoms with Gasteiger partial charge in [-0.2, -0.15) is 0 Å². The number of hydroxylamine groups is 2. The van der Waals surface area contributed by atoms with Gasteiger partial charge in [0, 0.05) is 37.9 Å². The zero-order valence-corrected chi connectivity index (χ0v) is 14.7. The topological polar surface area (TPSA) is 54.9 Å². The fourth-order valence-electron chi connectivity index (χ4n) is 4.33. The first-order valence-corrected chi connectivity index (χ1v) is 9.46. The largest absolute Gasteiger partial charge is 0.377 e. The summed E-state index contributed by atoms with van der Waals surface area (Å²) < 4.78 is 6.02. The zero-order valence-electron chi connectivity index (χ0n) is 14.7. The van der Waals surface area contributed by atoms with Crippen molar-refractivity contribution >= 4 is 5.91 Å². The van der Waals surface area contributed by atoms with E-state index in [1.165, 1.54) is 5.56 Å². The van der Waals surface area contributed by atoms with Crippen molar-refractivity contribution in [2.24, 2.45) is 11.8 Å². The predicted molar refractivity (Wildman–Crippen MR) is 92.4 cm³/mol. The molecule has 0 bridgehead atoms. The Hall–Kier alpha value is -1.50. The van der Waals surface area contributed by atoms with Crippen LogP contribution in [0.2, 0.25) is 0 Å². The first-order valence-electron chi connectivity index (χ1n) is 9.46. The molecule has 4 rings (SSSR count). The number of carbonyl (C=O) groups excluding carboxylic acids is 1. The number of hydrogen-bond acceptors (Lipinski definition) is 5. The van der Waals surface area contributed by atoms with Crippen molar-refractivity contribution in [2.75, 3.05) is 32.8 Å². The van der Waals surface area contributed by atoms with Gasteiger partial charge in [-0.15, -0.1) is 0 Å². The van der Waals surface area contributed by atoms with Crippen molar-refractivity contribution in [2.45, 2.75) is 38.3 Å². The van der Waals surface area contributed by atoms with Crippen LogP contribution in [0.3, 0.4) is 0 Å². The molecule has 0 aromatic carbocycles. The minimum Gasteiger partial charge on any atom is -0.377 e. The van der Waals surface area contributed by atoms with E-state index < -0.39 is 0 Å². The molecular formula is C19H27N3O3. The van der Waals surface area contributed by atoms with Crippen LogP contribution < -0.4 is 0 Å². The van der Waals surface area contributed by atoms with E-state index in [0.29, 0.717) is 24.9 Å². The lowest BCUT2D eigenvalue weighted by molar-refractivity contribution is -0.199. The minimum absolute atomic E-state index is 0.0589. The first-order chi connectivity index (χ1) is 12.3. The van der Waals surface area contributed by atoms with Crippen molar-refractivity contribution in [1.29, 1.82) is 0 Å². The van der Waals surface area contributed by atoms with E-state index in [4.69, 9.17) is 9.57 Å². The van der Waals surface area contributed by atoms with Gasteiger partial charge in [0.05, 0.1) is 25.7 Å². The molecule has 4 heterocycles. The van der Waals surface area contributed by atoms with Gasteiger partial charge in [0.1, 0.15) is 0 Å². The van der Waals surface area contributed by atoms with Crippen molar-refractivity contribution in [3.8, 4) is 0 Å². The second-order valence-electron chi connectivity index (χ2n) is 7.42. The zero-order chi connectivity index (χ0) is 17.1. The summed E-state index contributed by atoms with van der Waals surface area (Å²) in [6.07, 6.45) is 7.45. The van der Waals surface area contributed by atoms with E-state index in [0.717, 1.165) is 52.0 Å². The summed E-state index contributed by atoms with van der Waals surface area (Å²) in [6.45, 7) is 5.20. The van der Waals surface area contributed by atoms with Crippen LogP contribution in [0.1, 0.15) is 31.2 Å². The number of fused-ring (bicyclic) bond motifs is 1. The van der Waals surface area contributed by atoms with Crippen LogP contribution in [0, 0.1) is 11.8 Å². The number of hydrogen-bond donors (Lipinski definition) is 0. The molecule has 0 saturated carbocycles. The van der Waals surface area contributed by atoms with Crippen molar-refractivity contribution in [1.82, 2.24) is 14.9 Å². The van der Waals surface area contributed by atoms with Crippen LogP contribution in [0.15, 0.2) is 24.5 Å². The number of piperidine rings is 1. The Morgan fingerprint density at radius 1 is 1.32 bits per heavy atom. The molecule has 3 aliphatic rings. The second kappa shape index (κ2) is 7.81. The molecular weight excluding hydrogens is 318 g/mol. The van der Waals surface area contributed by atoms with Crippen molar-refractivity contribution in [3.63, 3.8) is 0 Å². The highest BCUT2D eigenvalue weighted by molar-refractivity contribution is 5.75. The SMILES string of the molecule is O=C(C[C@H]1OC[C@H]2CN(Cc3cccnc3)CC[C@H]21)N1CCCCO1. The van der Waals surface area contributed by atoms with Gasteiger partial charge in [-0.25, -0.2) is 5.06 Å². The van der Waals surface area contributed by atoms with Crippen LogP contribution in [-0.2, 0) is 20.9 Å². The number of aromatic nitrogens is 1. The molecule has 3 saturated heterocycles. The Morgan fingerprint density at radius 3 is 3.08 bits per heavy atom. The molecule has 3 atom stereocenters. The quantitative estimate of drug-likeness (QED) is 0.834. The van der Waals surface area contributed by atoms with E-state index in [1.807, 2.05) is 18.5 Å². The van der Waals surface area contributed by atoms with Gasteiger partial charge in [-0.1, -0.05) is 6.07 Å². The highest BCUT2D eigenvalue weighted by Crippen LogP contribution is 2.36. The lowest BCUT2D eigenvalue weighted by Crippen LogP contribution is -2.43. The third-order valence-corrected chi connectivity index (χ3v) is 5.66. The van der Waals surface area contributed by atoms with Crippen LogP contribution in [0.25, 0.3) is 0 Å². The summed E-state index contributed by atoms with van der Waals surface area (Å²) in [6, 6.07) is 4.12. The molecule has 1 amide bonds. The number of ether oxygens (including phenoxy) is 1. The van der Waals surface area contributed by atoms with Gasteiger partial charge in [-0.3, -0.25) is 19.5 Å². The Labute approximate surface area is 149 Å². The van der Waals surface area contributed by atoms with Gasteiger partial charge >= 0.3 is 0 Å². The molecule has 0 aliphatic carbocycles. The molecule has 136 valence electrons. The van der Waals surface area contributed by atoms with Gasteiger partial charge < -0.3 is 4.74 Å². The minimum atomic E-state index is 0.0589. The highest BCUT2D eigenvalue weighted by atomic mass is 16.7. The van der Waals surface area contributed by atoms with Crippen molar-refractivity contribution in [3.05, 3.63) is 30.1 Å². The van der Waals surface area contributed by atoms with Crippen LogP contribution in [0.5, 0.6) is 0 Å². The van der Waals surface area contributed by atoms with Gasteiger partial charge in [-0.05, 0) is 43.4 Å². The van der Waals surface area contributed by atoms with E-state index in [-0.39, 0.29) is 12.0 Å². The average molecular weight is 345 g/mol. The molecule has 6 nitrogen and oxygen atoms in total. The Kier molecular flexibility index (Phi) is 5.29. The van der Waals surface area contributed by atoms with Gasteiger partial charge in [0.2, 0.25) is 5.91 Å². The molecule has 0 radical (unpaired) electrons. The Bertz CT molecular complexity index is 577. The summed E-state index contributed by atoms with van der Waals surface area (Å²) in [7, 11) is 0. The molecule has 1 aromatic heterocycles. The maximum absolute atomic E-state index is 12.4. The Balaban J connectivity index is 1.29. The van der Waals surface area contributed by atoms with E-state index in [2.05, 4.69) is 16.0 Å². The molecule has 0 spiro atoms. The highest BCUT2D eigenvalue weighted by Gasteiger charge is 2.42. The number of nitrogens with zero attached hydrogens (tertiary/aromatic N) is 3. The monoisotopic (exact) mass is 345 g/mol. The van der Waals surface area contributed by atoms with E-state index in [1.54, 1.807) is 5.06 Å². The average Bonchev–Trinajstić information content (AvgIpc) is 3.05. The second-order valence-corrected chi connectivity index (χ2v) is 7.42. The third-order valence-electron chi connectivity index (χ3n) is 5.66. The maximum atomic E-state index is 12.4. The van der Waals surface area contributed by atoms with Gasteiger partial charge in [0.25, 0.3) is 0 Å². The summed E-state index contributed by atoms with van der Waals surface area (Å²) in [5.74, 6) is 1.12. The molecule has 1 aromatic rings. The molecule has 3 aliphatic heterocycles. The summed E-state index contributed by atoms with van der Waals surface area (Å²) in [5.41, 5.74) is 1.26. The lowest BCUT2D eigenvalue weighted by atomic mass is 9.83. The molecule has 0 N–H and O–H groups in total. The third kappa shape index (κ3) is 4.02. The fourth-order valence-corrected chi connectivity index (χ4v) is 4.33. The van der Waals surface area contributed by atoms with Gasteiger partial charge in [0.15, 0.2) is 0 Å². The molecule has 3 fully saturated rings. The molecule has 6 heteroatoms. The smallest absolute Gasteiger partial charge is 0.248 e. The number of amides is 1. The predicted octanol–water partition coefficient (Wildman–Crippen LogP) is 1.86. The summed E-state index contributed by atoms with van der Waals surface area (Å²) in [5, 5.41) is 1.55. The maximum Gasteiger partial charge on any atom is 0.248 e. The first kappa shape index (κ1) is 16.9.